The maximum atomic E-state index is 12.4. The van der Waals surface area contributed by atoms with Gasteiger partial charge in [0, 0.05) is 37.3 Å². The zero-order valence-electron chi connectivity index (χ0n) is 16.0. The number of nitrogens with zero attached hydrogens (tertiary/aromatic N) is 2. The molecule has 148 valence electrons. The van der Waals surface area contributed by atoms with E-state index in [1.54, 1.807) is 4.90 Å². The van der Waals surface area contributed by atoms with Gasteiger partial charge in [-0.1, -0.05) is 60.7 Å². The van der Waals surface area contributed by atoms with E-state index >= 15 is 0 Å². The Balaban J connectivity index is 0.00000280. The van der Waals surface area contributed by atoms with Gasteiger partial charge in [-0.25, -0.2) is 0 Å². The van der Waals surface area contributed by atoms with Crippen molar-refractivity contribution in [1.82, 2.24) is 15.1 Å². The Morgan fingerprint density at radius 1 is 1.11 bits per heavy atom. The van der Waals surface area contributed by atoms with Gasteiger partial charge in [0.2, 0.25) is 5.91 Å². The first-order chi connectivity index (χ1) is 13.1. The molecule has 0 spiro atoms. The molecule has 1 heterocycles. The Hall–Kier alpha value is -2.63. The van der Waals surface area contributed by atoms with Crippen LogP contribution >= 0.6 is 12.4 Å². The zero-order chi connectivity index (χ0) is 19.1. The van der Waals surface area contributed by atoms with Gasteiger partial charge in [0.25, 0.3) is 0 Å². The summed E-state index contributed by atoms with van der Waals surface area (Å²) in [7, 11) is 1.84. The number of aryl methyl sites for hydroxylation is 1. The molecule has 28 heavy (non-hydrogen) atoms. The molecule has 5 nitrogen and oxygen atoms in total. The highest BCUT2D eigenvalue weighted by atomic mass is 35.5. The third-order valence-corrected chi connectivity index (χ3v) is 4.69. The number of nitrogens with one attached hydrogen (secondary N) is 1. The second kappa shape index (κ2) is 10.6. The lowest BCUT2D eigenvalue weighted by Gasteiger charge is -2.19. The predicted molar refractivity (Wildman–Crippen MR) is 115 cm³/mol. The van der Waals surface area contributed by atoms with Gasteiger partial charge in [-0.2, -0.15) is 5.10 Å². The molecule has 6 heteroatoms. The number of halogens is 1. The summed E-state index contributed by atoms with van der Waals surface area (Å²) in [5.41, 5.74) is 10.3. The molecule has 2 aromatic carbocycles. The van der Waals surface area contributed by atoms with Crippen LogP contribution in [0.15, 0.2) is 66.7 Å². The number of hydrogen-bond donors (Lipinski definition) is 2. The standard InChI is InChI=1S/C22H26N4O.ClH/c1-26(22(27)16-20(23)17-9-4-2-5-10-17)14-8-13-19-15-21(25-24-19)18-11-6-3-7-12-18;/h2-7,9-12,15,20H,8,13-14,16,23H2,1H3,(H,24,25);1H. The Morgan fingerprint density at radius 2 is 1.75 bits per heavy atom. The third kappa shape index (κ3) is 5.94. The van der Waals surface area contributed by atoms with Crippen molar-refractivity contribution < 1.29 is 4.79 Å². The van der Waals surface area contributed by atoms with E-state index in [1.165, 1.54) is 0 Å². The predicted octanol–water partition coefficient (Wildman–Crippen LogP) is 3.98. The highest BCUT2D eigenvalue weighted by Gasteiger charge is 2.15. The topological polar surface area (TPSA) is 75.0 Å². The largest absolute Gasteiger partial charge is 0.346 e. The summed E-state index contributed by atoms with van der Waals surface area (Å²) in [4.78, 5) is 14.1. The molecule has 0 bridgehead atoms. The lowest BCUT2D eigenvalue weighted by Crippen LogP contribution is -2.31. The van der Waals surface area contributed by atoms with Crippen LogP contribution in [-0.2, 0) is 11.2 Å². The van der Waals surface area contributed by atoms with E-state index in [0.29, 0.717) is 13.0 Å². The number of rotatable bonds is 8. The van der Waals surface area contributed by atoms with Gasteiger partial charge in [-0.05, 0) is 24.5 Å². The number of hydrogen-bond acceptors (Lipinski definition) is 3. The molecular weight excluding hydrogens is 372 g/mol. The van der Waals surface area contributed by atoms with E-state index in [-0.39, 0.29) is 24.4 Å². The SMILES string of the molecule is CN(CCCc1cc(-c2ccccc2)n[nH]1)C(=O)CC(N)c1ccccc1.Cl. The molecule has 1 amide bonds. The van der Waals surface area contributed by atoms with Gasteiger partial charge >= 0.3 is 0 Å². The fraction of sp³-hybridized carbons (Fsp3) is 0.273. The van der Waals surface area contributed by atoms with E-state index in [1.807, 2.05) is 67.7 Å². The normalized spacial score (nSPS) is 11.5. The van der Waals surface area contributed by atoms with Crippen molar-refractivity contribution in [3.05, 3.63) is 78.0 Å². The van der Waals surface area contributed by atoms with Crippen LogP contribution in [0, 0.1) is 0 Å². The van der Waals surface area contributed by atoms with Crippen LogP contribution in [0.4, 0.5) is 0 Å². The van der Waals surface area contributed by atoms with Crippen LogP contribution in [0.2, 0.25) is 0 Å². The molecule has 3 aromatic rings. The highest BCUT2D eigenvalue weighted by molar-refractivity contribution is 5.85. The van der Waals surface area contributed by atoms with Crippen LogP contribution in [0.5, 0.6) is 0 Å². The van der Waals surface area contributed by atoms with Crippen molar-refractivity contribution in [2.24, 2.45) is 5.73 Å². The summed E-state index contributed by atoms with van der Waals surface area (Å²) in [6.45, 7) is 0.694. The number of benzene rings is 2. The van der Waals surface area contributed by atoms with E-state index in [4.69, 9.17) is 5.73 Å². The molecule has 0 aliphatic heterocycles. The Labute approximate surface area is 172 Å². The molecule has 3 rings (SSSR count). The molecule has 0 aliphatic rings. The number of amides is 1. The van der Waals surface area contributed by atoms with Crippen LogP contribution in [0.1, 0.15) is 30.1 Å². The van der Waals surface area contributed by atoms with Crippen molar-refractivity contribution in [2.75, 3.05) is 13.6 Å². The molecule has 0 saturated carbocycles. The number of carbonyl (C=O) groups excluding carboxylic acids is 1. The fourth-order valence-corrected chi connectivity index (χ4v) is 3.04. The van der Waals surface area contributed by atoms with Gasteiger partial charge in [0.1, 0.15) is 0 Å². The summed E-state index contributed by atoms with van der Waals surface area (Å²) < 4.78 is 0. The maximum absolute atomic E-state index is 12.4. The second-order valence-electron chi connectivity index (χ2n) is 6.78. The van der Waals surface area contributed by atoms with Crippen LogP contribution in [-0.4, -0.2) is 34.6 Å². The van der Waals surface area contributed by atoms with Crippen molar-refractivity contribution in [1.29, 1.82) is 0 Å². The van der Waals surface area contributed by atoms with Crippen molar-refractivity contribution in [3.8, 4) is 11.3 Å². The minimum Gasteiger partial charge on any atom is -0.346 e. The van der Waals surface area contributed by atoms with E-state index < -0.39 is 0 Å². The molecule has 0 fully saturated rings. The van der Waals surface area contributed by atoms with Gasteiger partial charge in [0.05, 0.1) is 5.69 Å². The molecule has 0 saturated heterocycles. The van der Waals surface area contributed by atoms with Crippen molar-refractivity contribution >= 4 is 18.3 Å². The highest BCUT2D eigenvalue weighted by Crippen LogP contribution is 2.18. The first kappa shape index (κ1) is 21.7. The summed E-state index contributed by atoms with van der Waals surface area (Å²) >= 11 is 0. The van der Waals surface area contributed by atoms with Gasteiger partial charge in [-0.3, -0.25) is 9.89 Å². The smallest absolute Gasteiger partial charge is 0.224 e. The average molecular weight is 399 g/mol. The lowest BCUT2D eigenvalue weighted by atomic mass is 10.0. The van der Waals surface area contributed by atoms with Crippen LogP contribution in [0.25, 0.3) is 11.3 Å². The number of carbonyl (C=O) groups is 1. The molecular formula is C22H27ClN4O. The summed E-state index contributed by atoms with van der Waals surface area (Å²) in [5.74, 6) is 0.0703. The summed E-state index contributed by atoms with van der Waals surface area (Å²) in [6, 6.07) is 21.6. The minimum absolute atomic E-state index is 0. The van der Waals surface area contributed by atoms with E-state index in [2.05, 4.69) is 16.3 Å². The number of aromatic amines is 1. The Kier molecular flexibility index (Phi) is 8.23. The number of nitrogens with two attached hydrogens (primary N) is 1. The fourth-order valence-electron chi connectivity index (χ4n) is 3.04. The van der Waals surface area contributed by atoms with Crippen molar-refractivity contribution in [2.45, 2.75) is 25.3 Å². The molecule has 0 radical (unpaired) electrons. The lowest BCUT2D eigenvalue weighted by molar-refractivity contribution is -0.130. The molecule has 1 atom stereocenters. The maximum Gasteiger partial charge on any atom is 0.224 e. The average Bonchev–Trinajstić information content (AvgIpc) is 3.18. The second-order valence-corrected chi connectivity index (χ2v) is 6.78. The van der Waals surface area contributed by atoms with Crippen LogP contribution < -0.4 is 5.73 Å². The number of aromatic nitrogens is 2. The quantitative estimate of drug-likeness (QED) is 0.602. The zero-order valence-corrected chi connectivity index (χ0v) is 16.9. The third-order valence-electron chi connectivity index (χ3n) is 4.69. The van der Waals surface area contributed by atoms with E-state index in [0.717, 1.165) is 35.4 Å². The summed E-state index contributed by atoms with van der Waals surface area (Å²) in [6.07, 6.45) is 2.05. The van der Waals surface area contributed by atoms with Gasteiger partial charge < -0.3 is 10.6 Å². The van der Waals surface area contributed by atoms with Gasteiger partial charge in [-0.15, -0.1) is 12.4 Å². The first-order valence-corrected chi connectivity index (χ1v) is 9.27. The summed E-state index contributed by atoms with van der Waals surface area (Å²) in [5, 5.41) is 7.46. The number of H-pyrrole nitrogens is 1. The minimum atomic E-state index is -0.262. The molecule has 1 unspecified atom stereocenters. The Bertz CT molecular complexity index is 851. The monoisotopic (exact) mass is 398 g/mol. The molecule has 3 N–H and O–H groups in total. The van der Waals surface area contributed by atoms with Crippen LogP contribution in [0.3, 0.4) is 0 Å². The Morgan fingerprint density at radius 3 is 2.43 bits per heavy atom. The molecule has 0 aliphatic carbocycles. The first-order valence-electron chi connectivity index (χ1n) is 9.27. The van der Waals surface area contributed by atoms with Crippen molar-refractivity contribution in [3.63, 3.8) is 0 Å². The van der Waals surface area contributed by atoms with Gasteiger partial charge in [0.15, 0.2) is 0 Å². The van der Waals surface area contributed by atoms with E-state index in [9.17, 15) is 4.79 Å². The molecule has 1 aromatic heterocycles.